The van der Waals surface area contributed by atoms with Crippen molar-refractivity contribution < 1.29 is 19.1 Å². The number of aromatic nitrogens is 3. The standard InChI is InChI=1S/C27H28Cl2N6O4/c1-33-22-13-17(8-10-24(36)34-11-2-3-12-34)7-9-23(22)39-15-21(27(33)38)31-26(37)25-30-16-35(32-25)14-18-19(28)5-4-6-20(18)29/h4-7,9,13,16,21H,2-3,8,10-12,14-15H2,1H3,(H,31,37)/t21-/m0/s1. The van der Waals surface area contributed by atoms with Gasteiger partial charge in [-0.05, 0) is 49.1 Å². The molecule has 10 nitrogen and oxygen atoms in total. The van der Waals surface area contributed by atoms with E-state index in [1.807, 2.05) is 17.0 Å². The van der Waals surface area contributed by atoms with Crippen LogP contribution in [0.15, 0.2) is 42.7 Å². The van der Waals surface area contributed by atoms with E-state index >= 15 is 0 Å². The van der Waals surface area contributed by atoms with Gasteiger partial charge in [0.05, 0.1) is 12.2 Å². The van der Waals surface area contributed by atoms with Crippen LogP contribution < -0.4 is 15.0 Å². The van der Waals surface area contributed by atoms with Gasteiger partial charge in [-0.2, -0.15) is 0 Å². The van der Waals surface area contributed by atoms with Gasteiger partial charge in [0.1, 0.15) is 24.7 Å². The minimum Gasteiger partial charge on any atom is -0.489 e. The smallest absolute Gasteiger partial charge is 0.291 e. The zero-order chi connectivity index (χ0) is 27.5. The van der Waals surface area contributed by atoms with Gasteiger partial charge in [-0.1, -0.05) is 35.3 Å². The Kier molecular flexibility index (Phi) is 8.04. The number of nitrogens with zero attached hydrogens (tertiary/aromatic N) is 5. The number of amides is 3. The van der Waals surface area contributed by atoms with Gasteiger partial charge in [-0.15, -0.1) is 5.10 Å². The molecule has 2 aliphatic rings. The first-order valence-corrected chi connectivity index (χ1v) is 13.5. The number of hydrogen-bond donors (Lipinski definition) is 1. The van der Waals surface area contributed by atoms with E-state index in [2.05, 4.69) is 15.4 Å². The van der Waals surface area contributed by atoms with Crippen LogP contribution in [0.2, 0.25) is 10.0 Å². The fraction of sp³-hybridized carbons (Fsp3) is 0.370. The average Bonchev–Trinajstić information content (AvgIpc) is 3.62. The van der Waals surface area contributed by atoms with Gasteiger partial charge in [0.25, 0.3) is 11.8 Å². The summed E-state index contributed by atoms with van der Waals surface area (Å²) in [7, 11) is 1.63. The third-order valence-corrected chi connectivity index (χ3v) is 7.64. The molecule has 204 valence electrons. The predicted molar refractivity (Wildman–Crippen MR) is 146 cm³/mol. The Morgan fingerprint density at radius 3 is 2.62 bits per heavy atom. The third kappa shape index (κ3) is 6.02. The topological polar surface area (TPSA) is 110 Å². The maximum Gasteiger partial charge on any atom is 0.291 e. The number of likely N-dealkylation sites (tertiary alicyclic amines) is 1. The van der Waals surface area contributed by atoms with Crippen molar-refractivity contribution in [3.8, 4) is 5.75 Å². The first-order chi connectivity index (χ1) is 18.8. The second kappa shape index (κ2) is 11.6. The number of likely N-dealkylation sites (N-methyl/N-ethyl adjacent to an activating group) is 1. The second-order valence-corrected chi connectivity index (χ2v) is 10.4. The van der Waals surface area contributed by atoms with Crippen molar-refractivity contribution >= 4 is 46.6 Å². The highest BCUT2D eigenvalue weighted by molar-refractivity contribution is 6.36. The lowest BCUT2D eigenvalue weighted by Gasteiger charge is -2.20. The molecule has 0 saturated carbocycles. The number of rotatable bonds is 7. The molecule has 1 saturated heterocycles. The molecule has 39 heavy (non-hydrogen) atoms. The van der Waals surface area contributed by atoms with Crippen molar-refractivity contribution in [1.82, 2.24) is 25.0 Å². The van der Waals surface area contributed by atoms with Crippen molar-refractivity contribution in [1.29, 1.82) is 0 Å². The molecule has 5 rings (SSSR count). The SMILES string of the molecule is CN1C(=O)[C@@H](NC(=O)c2ncn(Cc3c(Cl)cccc3Cl)n2)COc2ccc(CCC(=O)N3CCCC3)cc21. The summed E-state index contributed by atoms with van der Waals surface area (Å²) in [6, 6.07) is 9.79. The van der Waals surface area contributed by atoms with Gasteiger partial charge in [0.15, 0.2) is 0 Å². The Labute approximate surface area is 235 Å². The molecule has 1 atom stereocenters. The molecule has 3 heterocycles. The summed E-state index contributed by atoms with van der Waals surface area (Å²) < 4.78 is 7.33. The third-order valence-electron chi connectivity index (χ3n) is 6.93. The molecular formula is C27H28Cl2N6O4. The molecule has 2 aliphatic heterocycles. The molecule has 12 heteroatoms. The Bertz CT molecular complexity index is 1380. The number of aryl methyl sites for hydroxylation is 1. The van der Waals surface area contributed by atoms with Gasteiger partial charge in [-0.25, -0.2) is 9.67 Å². The number of nitrogens with one attached hydrogen (secondary N) is 1. The second-order valence-electron chi connectivity index (χ2n) is 9.59. The van der Waals surface area contributed by atoms with E-state index < -0.39 is 11.9 Å². The first kappa shape index (κ1) is 27.0. The van der Waals surface area contributed by atoms with E-state index in [9.17, 15) is 14.4 Å². The van der Waals surface area contributed by atoms with Crippen molar-refractivity contribution in [3.05, 3.63) is 69.7 Å². The van der Waals surface area contributed by atoms with Crippen LogP contribution in [0.3, 0.4) is 0 Å². The van der Waals surface area contributed by atoms with Crippen LogP contribution in [0.1, 0.15) is 41.0 Å². The highest BCUT2D eigenvalue weighted by Crippen LogP contribution is 2.32. The number of benzene rings is 2. The lowest BCUT2D eigenvalue weighted by molar-refractivity contribution is -0.130. The van der Waals surface area contributed by atoms with Crippen LogP contribution in [0.5, 0.6) is 5.75 Å². The molecule has 0 bridgehead atoms. The lowest BCUT2D eigenvalue weighted by Crippen LogP contribution is -2.49. The highest BCUT2D eigenvalue weighted by Gasteiger charge is 2.32. The first-order valence-electron chi connectivity index (χ1n) is 12.7. The van der Waals surface area contributed by atoms with E-state index in [1.54, 1.807) is 31.3 Å². The number of carbonyl (C=O) groups is 3. The fourth-order valence-electron chi connectivity index (χ4n) is 4.72. The summed E-state index contributed by atoms with van der Waals surface area (Å²) in [5, 5.41) is 7.86. The summed E-state index contributed by atoms with van der Waals surface area (Å²) >= 11 is 12.5. The minimum atomic E-state index is -0.944. The quantitative estimate of drug-likeness (QED) is 0.466. The van der Waals surface area contributed by atoms with Crippen LogP contribution in [-0.4, -0.2) is 70.2 Å². The van der Waals surface area contributed by atoms with Crippen molar-refractivity contribution in [3.63, 3.8) is 0 Å². The number of fused-ring (bicyclic) bond motifs is 1. The zero-order valence-electron chi connectivity index (χ0n) is 21.4. The summed E-state index contributed by atoms with van der Waals surface area (Å²) in [5.41, 5.74) is 2.17. The predicted octanol–water partition coefficient (Wildman–Crippen LogP) is 3.34. The van der Waals surface area contributed by atoms with E-state index in [1.165, 1.54) is 15.9 Å². The monoisotopic (exact) mass is 570 g/mol. The van der Waals surface area contributed by atoms with Crippen LogP contribution in [-0.2, 0) is 22.6 Å². The number of halogens is 2. The molecule has 0 aliphatic carbocycles. The van der Waals surface area contributed by atoms with Gasteiger partial charge >= 0.3 is 0 Å². The molecule has 1 fully saturated rings. The summed E-state index contributed by atoms with van der Waals surface area (Å²) in [4.78, 5) is 46.0. The fourth-order valence-corrected chi connectivity index (χ4v) is 5.24. The van der Waals surface area contributed by atoms with Crippen LogP contribution >= 0.6 is 23.2 Å². The van der Waals surface area contributed by atoms with E-state index in [-0.39, 0.29) is 30.8 Å². The van der Waals surface area contributed by atoms with Crippen molar-refractivity contribution in [2.45, 2.75) is 38.3 Å². The molecule has 0 radical (unpaired) electrons. The highest BCUT2D eigenvalue weighted by atomic mass is 35.5. The van der Waals surface area contributed by atoms with Crippen molar-refractivity contribution in [2.24, 2.45) is 0 Å². The molecule has 3 aromatic rings. The maximum absolute atomic E-state index is 13.2. The molecule has 1 aromatic heterocycles. The Hall–Kier alpha value is -3.63. The molecule has 0 unspecified atom stereocenters. The zero-order valence-corrected chi connectivity index (χ0v) is 22.9. The summed E-state index contributed by atoms with van der Waals surface area (Å²) in [5.74, 6) is -0.371. The van der Waals surface area contributed by atoms with Gasteiger partial charge < -0.3 is 19.9 Å². The number of carbonyl (C=O) groups excluding carboxylic acids is 3. The summed E-state index contributed by atoms with van der Waals surface area (Å²) in [6.45, 7) is 1.83. The maximum atomic E-state index is 13.2. The molecule has 0 spiro atoms. The van der Waals surface area contributed by atoms with E-state index in [0.717, 1.165) is 31.5 Å². The van der Waals surface area contributed by atoms with E-state index in [0.29, 0.717) is 39.9 Å². The normalized spacial score (nSPS) is 17.0. The van der Waals surface area contributed by atoms with E-state index in [4.69, 9.17) is 27.9 Å². The molecular weight excluding hydrogens is 543 g/mol. The summed E-state index contributed by atoms with van der Waals surface area (Å²) in [6.07, 6.45) is 4.50. The molecule has 2 aromatic carbocycles. The average molecular weight is 571 g/mol. The largest absolute Gasteiger partial charge is 0.489 e. The Morgan fingerprint density at radius 1 is 1.13 bits per heavy atom. The van der Waals surface area contributed by atoms with Gasteiger partial charge in [-0.3, -0.25) is 14.4 Å². The number of hydrogen-bond acceptors (Lipinski definition) is 6. The molecule has 3 amide bonds. The Balaban J connectivity index is 1.22. The number of ether oxygens (including phenoxy) is 1. The minimum absolute atomic E-state index is 0.0509. The van der Waals surface area contributed by atoms with Gasteiger partial charge in [0, 0.05) is 42.2 Å². The van der Waals surface area contributed by atoms with Crippen LogP contribution in [0.4, 0.5) is 5.69 Å². The Morgan fingerprint density at radius 2 is 1.87 bits per heavy atom. The van der Waals surface area contributed by atoms with Crippen LogP contribution in [0.25, 0.3) is 0 Å². The molecule has 1 N–H and O–H groups in total. The lowest BCUT2D eigenvalue weighted by atomic mass is 10.1. The van der Waals surface area contributed by atoms with Crippen LogP contribution in [0, 0.1) is 0 Å². The number of anilines is 1. The van der Waals surface area contributed by atoms with Gasteiger partial charge in [0.2, 0.25) is 11.7 Å². The van der Waals surface area contributed by atoms with Crippen molar-refractivity contribution in [2.75, 3.05) is 31.6 Å².